The summed E-state index contributed by atoms with van der Waals surface area (Å²) < 4.78 is 41.2. The van der Waals surface area contributed by atoms with Gasteiger partial charge in [-0.2, -0.15) is 13.2 Å². The van der Waals surface area contributed by atoms with Crippen LogP contribution in [0.4, 0.5) is 13.2 Å². The topological polar surface area (TPSA) is 26.3 Å². The molecule has 1 aromatic rings. The third-order valence-electron chi connectivity index (χ3n) is 3.40. The van der Waals surface area contributed by atoms with E-state index in [1.54, 1.807) is 18.2 Å². The zero-order chi connectivity index (χ0) is 13.9. The molecule has 0 atom stereocenters. The van der Waals surface area contributed by atoms with Gasteiger partial charge in [0, 0.05) is 0 Å². The second kappa shape index (κ2) is 5.63. The smallest absolute Gasteiger partial charge is 0.420 e. The number of benzene rings is 1. The Morgan fingerprint density at radius 3 is 2.37 bits per heavy atom. The number of carbonyl (C=O) groups excluding carboxylic acids is 1. The molecule has 0 spiro atoms. The third kappa shape index (κ3) is 3.49. The van der Waals surface area contributed by atoms with Crippen molar-refractivity contribution in [1.82, 2.24) is 0 Å². The maximum Gasteiger partial charge on any atom is 0.491 e. The van der Waals surface area contributed by atoms with Crippen LogP contribution in [0, 0.1) is 0 Å². The van der Waals surface area contributed by atoms with Crippen LogP contribution >= 0.6 is 0 Å². The van der Waals surface area contributed by atoms with E-state index in [0.29, 0.717) is 5.56 Å². The van der Waals surface area contributed by atoms with Crippen molar-refractivity contribution in [3.05, 3.63) is 29.8 Å². The van der Waals surface area contributed by atoms with Crippen LogP contribution in [0.25, 0.3) is 0 Å². The van der Waals surface area contributed by atoms with E-state index < -0.39 is 12.1 Å². The van der Waals surface area contributed by atoms with Gasteiger partial charge in [0.05, 0.1) is 0 Å². The minimum atomic E-state index is -4.96. The third-order valence-corrected chi connectivity index (χ3v) is 3.40. The molecule has 0 bridgehead atoms. The van der Waals surface area contributed by atoms with E-state index in [4.69, 9.17) is 0 Å². The minimum Gasteiger partial charge on any atom is -0.420 e. The molecule has 2 rings (SSSR count). The number of hydrogen-bond donors (Lipinski definition) is 0. The van der Waals surface area contributed by atoms with Gasteiger partial charge in [-0.05, 0) is 30.4 Å². The lowest BCUT2D eigenvalue weighted by Gasteiger charge is -2.23. The Morgan fingerprint density at radius 1 is 1.11 bits per heavy atom. The Balaban J connectivity index is 2.18. The summed E-state index contributed by atoms with van der Waals surface area (Å²) in [6.45, 7) is 0. The molecule has 1 aliphatic rings. The van der Waals surface area contributed by atoms with Crippen LogP contribution in [0.15, 0.2) is 24.3 Å². The van der Waals surface area contributed by atoms with Crippen LogP contribution in [0.2, 0.25) is 0 Å². The number of rotatable bonds is 2. The van der Waals surface area contributed by atoms with E-state index in [1.165, 1.54) is 6.07 Å². The normalized spacial score (nSPS) is 17.2. The van der Waals surface area contributed by atoms with E-state index in [2.05, 4.69) is 4.74 Å². The highest BCUT2D eigenvalue weighted by molar-refractivity contribution is 5.78. The summed E-state index contributed by atoms with van der Waals surface area (Å²) in [6, 6.07) is 6.50. The van der Waals surface area contributed by atoms with Crippen molar-refractivity contribution in [2.45, 2.75) is 44.2 Å². The van der Waals surface area contributed by atoms with E-state index in [1.807, 2.05) is 0 Å². The second-order valence-electron chi connectivity index (χ2n) is 4.76. The van der Waals surface area contributed by atoms with Crippen molar-refractivity contribution in [2.24, 2.45) is 0 Å². The van der Waals surface area contributed by atoms with E-state index in [0.717, 1.165) is 32.1 Å². The van der Waals surface area contributed by atoms with E-state index in [9.17, 15) is 18.0 Å². The molecule has 1 saturated carbocycles. The van der Waals surface area contributed by atoms with Gasteiger partial charge in [-0.1, -0.05) is 37.5 Å². The quantitative estimate of drug-likeness (QED) is 0.595. The van der Waals surface area contributed by atoms with Gasteiger partial charge in [0.2, 0.25) is 0 Å². The summed E-state index contributed by atoms with van der Waals surface area (Å²) in [5, 5.41) is 0. The molecule has 0 unspecified atom stereocenters. The van der Waals surface area contributed by atoms with Gasteiger partial charge in [0.1, 0.15) is 5.75 Å². The highest BCUT2D eigenvalue weighted by Crippen LogP contribution is 2.37. The number of esters is 1. The fourth-order valence-corrected chi connectivity index (χ4v) is 2.48. The van der Waals surface area contributed by atoms with Crippen molar-refractivity contribution < 1.29 is 22.7 Å². The van der Waals surface area contributed by atoms with Crippen molar-refractivity contribution in [3.8, 4) is 5.75 Å². The number of alkyl halides is 3. The summed E-state index contributed by atoms with van der Waals surface area (Å²) in [5.41, 5.74) is 0.708. The molecular weight excluding hydrogens is 257 g/mol. The van der Waals surface area contributed by atoms with Gasteiger partial charge in [0.25, 0.3) is 0 Å². The van der Waals surface area contributed by atoms with Gasteiger partial charge >= 0.3 is 12.1 Å². The minimum absolute atomic E-state index is 0.0386. The summed E-state index contributed by atoms with van der Waals surface area (Å²) in [7, 11) is 0. The maximum absolute atomic E-state index is 12.2. The van der Waals surface area contributed by atoms with Gasteiger partial charge in [0.15, 0.2) is 0 Å². The monoisotopic (exact) mass is 272 g/mol. The fourth-order valence-electron chi connectivity index (χ4n) is 2.48. The zero-order valence-electron chi connectivity index (χ0n) is 10.4. The van der Waals surface area contributed by atoms with Crippen LogP contribution in [-0.4, -0.2) is 12.1 Å². The molecule has 19 heavy (non-hydrogen) atoms. The molecule has 0 amide bonds. The lowest BCUT2D eigenvalue weighted by molar-refractivity contribution is -0.189. The number of hydrogen-bond acceptors (Lipinski definition) is 2. The molecule has 1 aromatic carbocycles. The Hall–Kier alpha value is -1.52. The Morgan fingerprint density at radius 2 is 1.74 bits per heavy atom. The van der Waals surface area contributed by atoms with Crippen molar-refractivity contribution >= 4 is 5.97 Å². The first-order valence-corrected chi connectivity index (χ1v) is 6.36. The van der Waals surface area contributed by atoms with Gasteiger partial charge < -0.3 is 4.74 Å². The number of halogens is 3. The van der Waals surface area contributed by atoms with Gasteiger partial charge in [-0.15, -0.1) is 0 Å². The molecule has 1 aliphatic carbocycles. The van der Waals surface area contributed by atoms with Gasteiger partial charge in [-0.3, -0.25) is 0 Å². The number of para-hydroxylation sites is 1. The lowest BCUT2D eigenvalue weighted by Crippen LogP contribution is -2.28. The highest BCUT2D eigenvalue weighted by atomic mass is 19.4. The van der Waals surface area contributed by atoms with E-state index in [-0.39, 0.29) is 11.7 Å². The number of carbonyl (C=O) groups is 1. The van der Waals surface area contributed by atoms with Crippen molar-refractivity contribution in [3.63, 3.8) is 0 Å². The predicted octanol–water partition coefficient (Wildman–Crippen LogP) is 4.20. The molecule has 2 nitrogen and oxygen atoms in total. The molecule has 104 valence electrons. The Kier molecular flexibility index (Phi) is 4.12. The lowest BCUT2D eigenvalue weighted by atomic mass is 9.84. The zero-order valence-corrected chi connectivity index (χ0v) is 10.4. The van der Waals surface area contributed by atoms with Gasteiger partial charge in [-0.25, -0.2) is 4.79 Å². The molecule has 0 aromatic heterocycles. The van der Waals surface area contributed by atoms with Crippen LogP contribution in [0.5, 0.6) is 5.75 Å². The summed E-state index contributed by atoms with van der Waals surface area (Å²) >= 11 is 0. The standard InChI is InChI=1S/C14H15F3O2/c15-14(16,17)13(18)19-12-9-5-4-8-11(12)10-6-2-1-3-7-10/h4-5,8-10H,1-3,6-7H2. The number of ether oxygens (including phenoxy) is 1. The SMILES string of the molecule is O=C(Oc1ccccc1C1CCCCC1)C(F)(F)F. The first kappa shape index (κ1) is 13.9. The van der Waals surface area contributed by atoms with Crippen molar-refractivity contribution in [2.75, 3.05) is 0 Å². The first-order valence-electron chi connectivity index (χ1n) is 6.36. The average Bonchev–Trinajstić information content (AvgIpc) is 2.39. The highest BCUT2D eigenvalue weighted by Gasteiger charge is 2.41. The molecule has 0 heterocycles. The molecule has 0 aliphatic heterocycles. The predicted molar refractivity (Wildman–Crippen MR) is 64.0 cm³/mol. The molecule has 0 radical (unpaired) electrons. The largest absolute Gasteiger partial charge is 0.491 e. The summed E-state index contributed by atoms with van der Waals surface area (Å²) in [4.78, 5) is 10.9. The van der Waals surface area contributed by atoms with Crippen LogP contribution in [-0.2, 0) is 4.79 Å². The van der Waals surface area contributed by atoms with Crippen LogP contribution in [0.3, 0.4) is 0 Å². The van der Waals surface area contributed by atoms with Crippen molar-refractivity contribution in [1.29, 1.82) is 0 Å². The average molecular weight is 272 g/mol. The molecule has 0 N–H and O–H groups in total. The molecule has 5 heteroatoms. The Labute approximate surface area is 109 Å². The van der Waals surface area contributed by atoms with Crippen LogP contribution < -0.4 is 4.74 Å². The molecular formula is C14H15F3O2. The summed E-state index contributed by atoms with van der Waals surface area (Å²) in [6.07, 6.45) is 0.181. The van der Waals surface area contributed by atoms with Crippen LogP contribution in [0.1, 0.15) is 43.6 Å². The maximum atomic E-state index is 12.2. The second-order valence-corrected chi connectivity index (χ2v) is 4.76. The van der Waals surface area contributed by atoms with E-state index >= 15 is 0 Å². The Bertz CT molecular complexity index is 448. The molecule has 1 fully saturated rings. The fraction of sp³-hybridized carbons (Fsp3) is 0.500. The summed E-state index contributed by atoms with van der Waals surface area (Å²) in [5.74, 6) is -1.93. The first-order chi connectivity index (χ1) is 8.98. The molecule has 0 saturated heterocycles.